The molecular formula is C9H18O3P+. The molecule has 0 aromatic carbocycles. The summed E-state index contributed by atoms with van der Waals surface area (Å²) < 4.78 is 20.9. The van der Waals surface area contributed by atoms with Crippen molar-refractivity contribution >= 4 is 8.25 Å². The maximum Gasteiger partial charge on any atom is 0.697 e. The first kappa shape index (κ1) is 12.8. The van der Waals surface area contributed by atoms with Gasteiger partial charge in [0, 0.05) is 4.57 Å². The molecule has 0 rings (SSSR count). The van der Waals surface area contributed by atoms with Gasteiger partial charge in [0.25, 0.3) is 0 Å². The SMILES string of the molecule is C=CCC(C)CO[P+](=O)OCCC. The molecule has 0 spiro atoms. The largest absolute Gasteiger partial charge is 0.697 e. The molecule has 0 amide bonds. The van der Waals surface area contributed by atoms with Crippen LogP contribution in [0.1, 0.15) is 26.7 Å². The average Bonchev–Trinajstić information content (AvgIpc) is 2.12. The first-order chi connectivity index (χ1) is 6.20. The Bertz CT molecular complexity index is 159. The van der Waals surface area contributed by atoms with Gasteiger partial charge in [-0.1, -0.05) is 19.9 Å². The predicted octanol–water partition coefficient (Wildman–Crippen LogP) is 3.30. The van der Waals surface area contributed by atoms with Gasteiger partial charge in [-0.15, -0.1) is 15.6 Å². The molecule has 0 aliphatic rings. The summed E-state index contributed by atoms with van der Waals surface area (Å²) in [6, 6.07) is 0. The molecule has 2 unspecified atom stereocenters. The molecular weight excluding hydrogens is 187 g/mol. The normalized spacial score (nSPS) is 13.8. The van der Waals surface area contributed by atoms with Crippen LogP contribution >= 0.6 is 8.25 Å². The first-order valence-corrected chi connectivity index (χ1v) is 5.64. The Balaban J connectivity index is 3.39. The van der Waals surface area contributed by atoms with Crippen molar-refractivity contribution < 1.29 is 13.6 Å². The van der Waals surface area contributed by atoms with Gasteiger partial charge in [0.1, 0.15) is 13.2 Å². The smallest absolute Gasteiger partial charge is 0.119 e. The van der Waals surface area contributed by atoms with E-state index in [1.165, 1.54) is 0 Å². The lowest BCUT2D eigenvalue weighted by Crippen LogP contribution is -2.01. The zero-order chi connectivity index (χ0) is 10.1. The molecule has 0 N–H and O–H groups in total. The Morgan fingerprint density at radius 1 is 1.54 bits per heavy atom. The van der Waals surface area contributed by atoms with Gasteiger partial charge in [-0.05, 0) is 18.8 Å². The van der Waals surface area contributed by atoms with Gasteiger partial charge in [-0.3, -0.25) is 0 Å². The van der Waals surface area contributed by atoms with Crippen molar-refractivity contribution in [3.05, 3.63) is 12.7 Å². The molecule has 3 nitrogen and oxygen atoms in total. The molecule has 4 heteroatoms. The van der Waals surface area contributed by atoms with Gasteiger partial charge in [0.05, 0.1) is 0 Å². The summed E-state index contributed by atoms with van der Waals surface area (Å²) in [7, 11) is -1.91. The minimum Gasteiger partial charge on any atom is -0.119 e. The van der Waals surface area contributed by atoms with Crippen LogP contribution in [-0.2, 0) is 13.6 Å². The van der Waals surface area contributed by atoms with Crippen molar-refractivity contribution in [3.8, 4) is 0 Å². The first-order valence-electron chi connectivity index (χ1n) is 4.54. The Morgan fingerprint density at radius 2 is 2.23 bits per heavy atom. The summed E-state index contributed by atoms with van der Waals surface area (Å²) >= 11 is 0. The molecule has 0 saturated carbocycles. The third-order valence-electron chi connectivity index (χ3n) is 1.43. The van der Waals surface area contributed by atoms with Gasteiger partial charge in [0.15, 0.2) is 0 Å². The zero-order valence-electron chi connectivity index (χ0n) is 8.36. The molecule has 2 atom stereocenters. The molecule has 0 aliphatic carbocycles. The van der Waals surface area contributed by atoms with Crippen molar-refractivity contribution in [2.75, 3.05) is 13.2 Å². The fraction of sp³-hybridized carbons (Fsp3) is 0.778. The highest BCUT2D eigenvalue weighted by Crippen LogP contribution is 2.25. The Labute approximate surface area is 81.1 Å². The van der Waals surface area contributed by atoms with E-state index in [-0.39, 0.29) is 0 Å². The van der Waals surface area contributed by atoms with Crippen LogP contribution in [-0.4, -0.2) is 13.2 Å². The number of rotatable bonds is 8. The molecule has 0 fully saturated rings. The van der Waals surface area contributed by atoms with Crippen LogP contribution in [0.5, 0.6) is 0 Å². The fourth-order valence-electron chi connectivity index (χ4n) is 0.744. The molecule has 0 aromatic rings. The molecule has 0 radical (unpaired) electrons. The minimum atomic E-state index is -1.91. The van der Waals surface area contributed by atoms with E-state index in [4.69, 9.17) is 9.05 Å². The van der Waals surface area contributed by atoms with Crippen LogP contribution < -0.4 is 0 Å². The fourth-order valence-corrected chi connectivity index (χ4v) is 1.53. The highest BCUT2D eigenvalue weighted by atomic mass is 31.1. The van der Waals surface area contributed by atoms with Gasteiger partial charge < -0.3 is 0 Å². The maximum absolute atomic E-state index is 11.0. The summed E-state index contributed by atoms with van der Waals surface area (Å²) in [5, 5.41) is 0. The van der Waals surface area contributed by atoms with Gasteiger partial charge >= 0.3 is 8.25 Å². The number of hydrogen-bond acceptors (Lipinski definition) is 3. The van der Waals surface area contributed by atoms with E-state index in [0.29, 0.717) is 19.1 Å². The van der Waals surface area contributed by atoms with Crippen molar-refractivity contribution in [3.63, 3.8) is 0 Å². The highest BCUT2D eigenvalue weighted by Gasteiger charge is 2.20. The van der Waals surface area contributed by atoms with Crippen LogP contribution in [0.15, 0.2) is 12.7 Å². The molecule has 13 heavy (non-hydrogen) atoms. The monoisotopic (exact) mass is 205 g/mol. The summed E-state index contributed by atoms with van der Waals surface area (Å²) in [6.45, 7) is 8.55. The summed E-state index contributed by atoms with van der Waals surface area (Å²) in [5.74, 6) is 0.349. The summed E-state index contributed by atoms with van der Waals surface area (Å²) in [4.78, 5) is 0. The molecule has 0 heterocycles. The zero-order valence-corrected chi connectivity index (χ0v) is 9.26. The van der Waals surface area contributed by atoms with Crippen LogP contribution in [0.2, 0.25) is 0 Å². The maximum atomic E-state index is 11.0. The van der Waals surface area contributed by atoms with Crippen LogP contribution in [0.3, 0.4) is 0 Å². The molecule has 0 saturated heterocycles. The van der Waals surface area contributed by atoms with Gasteiger partial charge in [-0.25, -0.2) is 0 Å². The van der Waals surface area contributed by atoms with Crippen molar-refractivity contribution in [1.29, 1.82) is 0 Å². The van der Waals surface area contributed by atoms with E-state index in [0.717, 1.165) is 12.8 Å². The summed E-state index contributed by atoms with van der Waals surface area (Å²) in [6.07, 6.45) is 3.55. The molecule has 0 bridgehead atoms. The standard InChI is InChI=1S/C9H18O3P/c1-4-6-9(3)8-12-13(10)11-7-5-2/h4,9H,1,5-8H2,2-3H3/q+1. The number of allylic oxidation sites excluding steroid dienone is 1. The topological polar surface area (TPSA) is 35.5 Å². The van der Waals surface area contributed by atoms with E-state index in [9.17, 15) is 4.57 Å². The third-order valence-corrected chi connectivity index (χ3v) is 2.19. The van der Waals surface area contributed by atoms with E-state index in [2.05, 4.69) is 6.58 Å². The second-order valence-corrected chi connectivity index (χ2v) is 3.95. The quantitative estimate of drug-likeness (QED) is 0.450. The van der Waals surface area contributed by atoms with Crippen molar-refractivity contribution in [2.24, 2.45) is 5.92 Å². The molecule has 0 aromatic heterocycles. The lowest BCUT2D eigenvalue weighted by Gasteiger charge is -2.01. The molecule has 76 valence electrons. The van der Waals surface area contributed by atoms with E-state index in [1.54, 1.807) is 0 Å². The lowest BCUT2D eigenvalue weighted by atomic mass is 10.1. The van der Waals surface area contributed by atoms with Crippen LogP contribution in [0.25, 0.3) is 0 Å². The lowest BCUT2D eigenvalue weighted by molar-refractivity contribution is 0.202. The minimum absolute atomic E-state index is 0.349. The Kier molecular flexibility index (Phi) is 8.21. The van der Waals surface area contributed by atoms with Gasteiger partial charge in [0.2, 0.25) is 0 Å². The van der Waals surface area contributed by atoms with Crippen LogP contribution in [0.4, 0.5) is 0 Å². The van der Waals surface area contributed by atoms with E-state index in [1.807, 2.05) is 19.9 Å². The van der Waals surface area contributed by atoms with Gasteiger partial charge in [-0.2, -0.15) is 0 Å². The molecule has 0 aliphatic heterocycles. The average molecular weight is 205 g/mol. The highest BCUT2D eigenvalue weighted by molar-refractivity contribution is 7.33. The predicted molar refractivity (Wildman–Crippen MR) is 53.8 cm³/mol. The van der Waals surface area contributed by atoms with Crippen molar-refractivity contribution in [2.45, 2.75) is 26.7 Å². The third kappa shape index (κ3) is 8.10. The second kappa shape index (κ2) is 8.36. The van der Waals surface area contributed by atoms with E-state index >= 15 is 0 Å². The second-order valence-electron chi connectivity index (χ2n) is 2.98. The Hall–Kier alpha value is -0.240. The number of hydrogen-bond donors (Lipinski definition) is 0. The van der Waals surface area contributed by atoms with E-state index < -0.39 is 8.25 Å². The van der Waals surface area contributed by atoms with Crippen molar-refractivity contribution in [1.82, 2.24) is 0 Å². The Morgan fingerprint density at radius 3 is 2.77 bits per heavy atom. The van der Waals surface area contributed by atoms with Crippen LogP contribution in [0, 0.1) is 5.92 Å². The summed E-state index contributed by atoms with van der Waals surface area (Å²) in [5.41, 5.74) is 0.